The van der Waals surface area contributed by atoms with E-state index < -0.39 is 0 Å². The number of aromatic nitrogens is 1. The van der Waals surface area contributed by atoms with E-state index in [9.17, 15) is 4.79 Å². The molecule has 2 heterocycles. The molecule has 4 nitrogen and oxygen atoms in total. The van der Waals surface area contributed by atoms with Crippen molar-refractivity contribution in [2.45, 2.75) is 13.5 Å². The van der Waals surface area contributed by atoms with Crippen LogP contribution in [0, 0.1) is 6.92 Å². The second kappa shape index (κ2) is 4.61. The predicted octanol–water partition coefficient (Wildman–Crippen LogP) is 1.91. The fourth-order valence-electron chi connectivity index (χ4n) is 1.36. The standard InChI is InChI=1S/C12H12N2O2/c1-9-4-2-6-13-10(9)8-14-12(15)11-5-3-7-16-11/h2-7H,8H2,1H3,(H,14,15). The Labute approximate surface area is 93.3 Å². The number of furan rings is 1. The van der Waals surface area contributed by atoms with Gasteiger partial charge in [-0.15, -0.1) is 0 Å². The van der Waals surface area contributed by atoms with E-state index in [4.69, 9.17) is 4.42 Å². The van der Waals surface area contributed by atoms with Crippen LogP contribution in [0.15, 0.2) is 41.1 Å². The number of carbonyl (C=O) groups excluding carboxylic acids is 1. The average Bonchev–Trinajstić information content (AvgIpc) is 2.81. The zero-order chi connectivity index (χ0) is 11.4. The van der Waals surface area contributed by atoms with Crippen LogP contribution in [0.3, 0.4) is 0 Å². The van der Waals surface area contributed by atoms with Crippen molar-refractivity contribution in [3.8, 4) is 0 Å². The first-order valence-corrected chi connectivity index (χ1v) is 4.99. The van der Waals surface area contributed by atoms with E-state index in [1.807, 2.05) is 19.1 Å². The highest BCUT2D eigenvalue weighted by atomic mass is 16.3. The highest BCUT2D eigenvalue weighted by Crippen LogP contribution is 2.04. The summed E-state index contributed by atoms with van der Waals surface area (Å²) in [5.74, 6) is 0.0867. The third-order valence-corrected chi connectivity index (χ3v) is 2.28. The SMILES string of the molecule is Cc1cccnc1CNC(=O)c1ccco1. The van der Waals surface area contributed by atoms with Crippen molar-refractivity contribution in [2.24, 2.45) is 0 Å². The molecule has 82 valence electrons. The van der Waals surface area contributed by atoms with Gasteiger partial charge in [-0.1, -0.05) is 6.07 Å². The lowest BCUT2D eigenvalue weighted by atomic mass is 10.2. The van der Waals surface area contributed by atoms with E-state index in [0.717, 1.165) is 11.3 Å². The van der Waals surface area contributed by atoms with Gasteiger partial charge in [-0.25, -0.2) is 0 Å². The molecule has 0 atom stereocenters. The Morgan fingerprint density at radius 1 is 1.44 bits per heavy atom. The Balaban J connectivity index is 1.98. The van der Waals surface area contributed by atoms with Crippen molar-refractivity contribution in [1.82, 2.24) is 10.3 Å². The highest BCUT2D eigenvalue weighted by molar-refractivity contribution is 5.91. The van der Waals surface area contributed by atoms with Crippen molar-refractivity contribution in [3.05, 3.63) is 53.7 Å². The van der Waals surface area contributed by atoms with Gasteiger partial charge in [0.15, 0.2) is 5.76 Å². The van der Waals surface area contributed by atoms with Gasteiger partial charge in [0.05, 0.1) is 18.5 Å². The summed E-state index contributed by atoms with van der Waals surface area (Å²) in [6.45, 7) is 2.37. The summed E-state index contributed by atoms with van der Waals surface area (Å²) < 4.78 is 4.98. The van der Waals surface area contributed by atoms with Gasteiger partial charge in [0.2, 0.25) is 0 Å². The van der Waals surface area contributed by atoms with Gasteiger partial charge in [0.25, 0.3) is 5.91 Å². The van der Waals surface area contributed by atoms with Crippen LogP contribution in [-0.2, 0) is 6.54 Å². The van der Waals surface area contributed by atoms with Gasteiger partial charge in [0, 0.05) is 6.20 Å². The zero-order valence-electron chi connectivity index (χ0n) is 8.93. The molecule has 0 fully saturated rings. The summed E-state index contributed by atoms with van der Waals surface area (Å²) in [6.07, 6.45) is 3.18. The van der Waals surface area contributed by atoms with Crippen molar-refractivity contribution in [3.63, 3.8) is 0 Å². The molecule has 2 aromatic rings. The lowest BCUT2D eigenvalue weighted by molar-refractivity contribution is 0.0922. The van der Waals surface area contributed by atoms with Gasteiger partial charge in [0.1, 0.15) is 0 Å². The summed E-state index contributed by atoms with van der Waals surface area (Å²) in [6, 6.07) is 7.14. The third-order valence-electron chi connectivity index (χ3n) is 2.28. The average molecular weight is 216 g/mol. The molecule has 0 saturated carbocycles. The van der Waals surface area contributed by atoms with Crippen molar-refractivity contribution < 1.29 is 9.21 Å². The summed E-state index contributed by atoms with van der Waals surface area (Å²) in [5, 5.41) is 2.75. The maximum absolute atomic E-state index is 11.6. The number of aryl methyl sites for hydroxylation is 1. The summed E-state index contributed by atoms with van der Waals surface area (Å²) in [5.41, 5.74) is 1.92. The minimum Gasteiger partial charge on any atom is -0.459 e. The van der Waals surface area contributed by atoms with Gasteiger partial charge in [-0.3, -0.25) is 9.78 Å². The molecule has 4 heteroatoms. The number of nitrogens with zero attached hydrogens (tertiary/aromatic N) is 1. The van der Waals surface area contributed by atoms with Crippen LogP contribution in [0.4, 0.5) is 0 Å². The number of pyridine rings is 1. The first kappa shape index (κ1) is 10.4. The number of amides is 1. The number of rotatable bonds is 3. The molecule has 1 N–H and O–H groups in total. The van der Waals surface area contributed by atoms with Crippen LogP contribution in [0.1, 0.15) is 21.8 Å². The van der Waals surface area contributed by atoms with E-state index in [2.05, 4.69) is 10.3 Å². The Morgan fingerprint density at radius 3 is 3.00 bits per heavy atom. The third kappa shape index (κ3) is 2.28. The first-order valence-electron chi connectivity index (χ1n) is 4.99. The molecule has 1 amide bonds. The molecule has 0 bridgehead atoms. The molecule has 2 aromatic heterocycles. The van der Waals surface area contributed by atoms with Crippen LogP contribution < -0.4 is 5.32 Å². The molecular weight excluding hydrogens is 204 g/mol. The Morgan fingerprint density at radius 2 is 2.31 bits per heavy atom. The summed E-state index contributed by atoms with van der Waals surface area (Å²) in [7, 11) is 0. The lowest BCUT2D eigenvalue weighted by Crippen LogP contribution is -2.23. The fraction of sp³-hybridized carbons (Fsp3) is 0.167. The number of hydrogen-bond acceptors (Lipinski definition) is 3. The molecule has 0 saturated heterocycles. The molecule has 0 aliphatic heterocycles. The van der Waals surface area contributed by atoms with E-state index in [-0.39, 0.29) is 5.91 Å². The molecule has 0 aliphatic rings. The second-order valence-corrected chi connectivity index (χ2v) is 3.43. The smallest absolute Gasteiger partial charge is 0.287 e. The predicted molar refractivity (Wildman–Crippen MR) is 58.9 cm³/mol. The van der Waals surface area contributed by atoms with Crippen molar-refractivity contribution in [2.75, 3.05) is 0 Å². The largest absolute Gasteiger partial charge is 0.459 e. The van der Waals surface area contributed by atoms with Crippen LogP contribution in [0.25, 0.3) is 0 Å². The lowest BCUT2D eigenvalue weighted by Gasteiger charge is -2.05. The van der Waals surface area contributed by atoms with Crippen molar-refractivity contribution >= 4 is 5.91 Å². The van der Waals surface area contributed by atoms with Gasteiger partial charge < -0.3 is 9.73 Å². The van der Waals surface area contributed by atoms with Crippen LogP contribution in [0.5, 0.6) is 0 Å². The quantitative estimate of drug-likeness (QED) is 0.852. The molecule has 16 heavy (non-hydrogen) atoms. The number of carbonyl (C=O) groups is 1. The van der Waals surface area contributed by atoms with E-state index in [1.165, 1.54) is 6.26 Å². The second-order valence-electron chi connectivity index (χ2n) is 3.43. The monoisotopic (exact) mass is 216 g/mol. The zero-order valence-corrected chi connectivity index (χ0v) is 8.93. The Kier molecular flexibility index (Phi) is 3.00. The van der Waals surface area contributed by atoms with Gasteiger partial charge in [-0.05, 0) is 30.7 Å². The topological polar surface area (TPSA) is 55.1 Å². The normalized spacial score (nSPS) is 10.1. The highest BCUT2D eigenvalue weighted by Gasteiger charge is 2.08. The maximum Gasteiger partial charge on any atom is 0.287 e. The van der Waals surface area contributed by atoms with E-state index >= 15 is 0 Å². The van der Waals surface area contributed by atoms with E-state index in [1.54, 1.807) is 18.3 Å². The molecule has 0 aliphatic carbocycles. The number of nitrogens with one attached hydrogen (secondary N) is 1. The minimum atomic E-state index is -0.227. The Hall–Kier alpha value is -2.10. The van der Waals surface area contributed by atoms with E-state index in [0.29, 0.717) is 12.3 Å². The fourth-order valence-corrected chi connectivity index (χ4v) is 1.36. The molecule has 0 unspecified atom stereocenters. The van der Waals surface area contributed by atoms with Crippen LogP contribution >= 0.6 is 0 Å². The Bertz CT molecular complexity index is 478. The van der Waals surface area contributed by atoms with Crippen LogP contribution in [0.2, 0.25) is 0 Å². The first-order chi connectivity index (χ1) is 7.77. The number of hydrogen-bond donors (Lipinski definition) is 1. The van der Waals surface area contributed by atoms with Gasteiger partial charge >= 0.3 is 0 Å². The summed E-state index contributed by atoms with van der Waals surface area (Å²) in [4.78, 5) is 15.7. The molecule has 2 rings (SSSR count). The molecule has 0 radical (unpaired) electrons. The van der Waals surface area contributed by atoms with Gasteiger partial charge in [-0.2, -0.15) is 0 Å². The molecule has 0 spiro atoms. The van der Waals surface area contributed by atoms with Crippen LogP contribution in [-0.4, -0.2) is 10.9 Å². The molecule has 0 aromatic carbocycles. The van der Waals surface area contributed by atoms with Crippen molar-refractivity contribution in [1.29, 1.82) is 0 Å². The maximum atomic E-state index is 11.6. The molecular formula is C12H12N2O2. The minimum absolute atomic E-state index is 0.227. The summed E-state index contributed by atoms with van der Waals surface area (Å²) >= 11 is 0.